The SMILES string of the molecule is CCCNCc1cnc(N2CCCC2C(C)C)c(C)c1. The van der Waals surface area contributed by atoms with Gasteiger partial charge in [0.2, 0.25) is 0 Å². The van der Waals surface area contributed by atoms with E-state index in [0.29, 0.717) is 12.0 Å². The molecule has 0 spiro atoms. The number of aryl methyl sites for hydroxylation is 1. The van der Waals surface area contributed by atoms with Crippen molar-refractivity contribution >= 4 is 5.82 Å². The van der Waals surface area contributed by atoms with Crippen molar-refractivity contribution in [3.63, 3.8) is 0 Å². The molecular formula is C17H29N3. The highest BCUT2D eigenvalue weighted by molar-refractivity contribution is 5.49. The van der Waals surface area contributed by atoms with Crippen molar-refractivity contribution in [1.82, 2.24) is 10.3 Å². The summed E-state index contributed by atoms with van der Waals surface area (Å²) in [6, 6.07) is 2.95. The molecule has 0 aromatic carbocycles. The van der Waals surface area contributed by atoms with Gasteiger partial charge in [-0.15, -0.1) is 0 Å². The van der Waals surface area contributed by atoms with E-state index in [4.69, 9.17) is 4.98 Å². The van der Waals surface area contributed by atoms with Crippen LogP contribution in [0.15, 0.2) is 12.3 Å². The number of hydrogen-bond acceptors (Lipinski definition) is 3. The molecule has 1 aromatic heterocycles. The second-order valence-corrected chi connectivity index (χ2v) is 6.31. The van der Waals surface area contributed by atoms with Crippen LogP contribution in [0.5, 0.6) is 0 Å². The largest absolute Gasteiger partial charge is 0.353 e. The highest BCUT2D eigenvalue weighted by Gasteiger charge is 2.28. The Bertz CT molecular complexity index is 428. The summed E-state index contributed by atoms with van der Waals surface area (Å²) >= 11 is 0. The van der Waals surface area contributed by atoms with Gasteiger partial charge in [0.05, 0.1) is 0 Å². The topological polar surface area (TPSA) is 28.2 Å². The Balaban J connectivity index is 2.09. The van der Waals surface area contributed by atoms with Gasteiger partial charge in [0.1, 0.15) is 5.82 Å². The predicted octanol–water partition coefficient (Wildman–Crippen LogP) is 3.51. The average Bonchev–Trinajstić information content (AvgIpc) is 2.88. The lowest BCUT2D eigenvalue weighted by Gasteiger charge is -2.30. The van der Waals surface area contributed by atoms with Crippen LogP contribution in [0.1, 0.15) is 51.2 Å². The Hall–Kier alpha value is -1.09. The van der Waals surface area contributed by atoms with Crippen molar-refractivity contribution in [2.75, 3.05) is 18.0 Å². The summed E-state index contributed by atoms with van der Waals surface area (Å²) in [5, 5.41) is 3.44. The first kappa shape index (κ1) is 15.3. The Kier molecular flexibility index (Phi) is 5.41. The Morgan fingerprint density at radius 3 is 2.90 bits per heavy atom. The molecule has 0 aliphatic carbocycles. The number of anilines is 1. The van der Waals surface area contributed by atoms with Crippen molar-refractivity contribution < 1.29 is 0 Å². The van der Waals surface area contributed by atoms with Crippen LogP contribution in [0.25, 0.3) is 0 Å². The fourth-order valence-electron chi connectivity index (χ4n) is 3.18. The maximum Gasteiger partial charge on any atom is 0.131 e. The van der Waals surface area contributed by atoms with Crippen LogP contribution < -0.4 is 10.2 Å². The molecule has 0 radical (unpaired) electrons. The van der Waals surface area contributed by atoms with Crippen LogP contribution in [0, 0.1) is 12.8 Å². The van der Waals surface area contributed by atoms with Gasteiger partial charge in [0.25, 0.3) is 0 Å². The first-order valence-electron chi connectivity index (χ1n) is 8.06. The lowest BCUT2D eigenvalue weighted by molar-refractivity contribution is 0.489. The first-order valence-corrected chi connectivity index (χ1v) is 8.06. The lowest BCUT2D eigenvalue weighted by atomic mass is 10.0. The van der Waals surface area contributed by atoms with Crippen LogP contribution in [-0.4, -0.2) is 24.1 Å². The third-order valence-electron chi connectivity index (χ3n) is 4.20. The van der Waals surface area contributed by atoms with Gasteiger partial charge < -0.3 is 10.2 Å². The number of aromatic nitrogens is 1. The molecule has 0 amide bonds. The van der Waals surface area contributed by atoms with Crippen LogP contribution in [0.2, 0.25) is 0 Å². The van der Waals surface area contributed by atoms with Gasteiger partial charge in [-0.3, -0.25) is 0 Å². The van der Waals surface area contributed by atoms with Gasteiger partial charge in [0, 0.05) is 25.3 Å². The highest BCUT2D eigenvalue weighted by Crippen LogP contribution is 2.30. The van der Waals surface area contributed by atoms with Crippen molar-refractivity contribution in [3.05, 3.63) is 23.4 Å². The van der Waals surface area contributed by atoms with Crippen LogP contribution in [-0.2, 0) is 6.54 Å². The molecule has 2 rings (SSSR count). The molecule has 0 saturated carbocycles. The van der Waals surface area contributed by atoms with E-state index in [1.807, 2.05) is 6.20 Å². The second-order valence-electron chi connectivity index (χ2n) is 6.31. The molecule has 112 valence electrons. The van der Waals surface area contributed by atoms with Gasteiger partial charge >= 0.3 is 0 Å². The molecule has 1 atom stereocenters. The lowest BCUT2D eigenvalue weighted by Crippen LogP contribution is -2.34. The molecular weight excluding hydrogens is 246 g/mol. The van der Waals surface area contributed by atoms with E-state index in [1.54, 1.807) is 0 Å². The minimum atomic E-state index is 0.658. The monoisotopic (exact) mass is 275 g/mol. The Morgan fingerprint density at radius 2 is 2.25 bits per heavy atom. The molecule has 1 saturated heterocycles. The van der Waals surface area contributed by atoms with E-state index in [1.165, 1.54) is 36.2 Å². The summed E-state index contributed by atoms with van der Waals surface area (Å²) in [6.45, 7) is 12.2. The standard InChI is InChI=1S/C17H29N3/c1-5-8-18-11-15-10-14(4)17(19-12-15)20-9-6-7-16(20)13(2)3/h10,12-13,16,18H,5-9,11H2,1-4H3. The smallest absolute Gasteiger partial charge is 0.131 e. The Labute approximate surface area is 123 Å². The zero-order valence-electron chi connectivity index (χ0n) is 13.4. The number of pyridine rings is 1. The summed E-state index contributed by atoms with van der Waals surface area (Å²) in [4.78, 5) is 7.27. The normalized spacial score (nSPS) is 19.1. The fourth-order valence-corrected chi connectivity index (χ4v) is 3.18. The quantitative estimate of drug-likeness (QED) is 0.805. The number of hydrogen-bond donors (Lipinski definition) is 1. The minimum absolute atomic E-state index is 0.658. The third kappa shape index (κ3) is 3.51. The summed E-state index contributed by atoms with van der Waals surface area (Å²) in [7, 11) is 0. The fraction of sp³-hybridized carbons (Fsp3) is 0.706. The first-order chi connectivity index (χ1) is 9.63. The molecule has 2 heterocycles. The Morgan fingerprint density at radius 1 is 1.45 bits per heavy atom. The zero-order chi connectivity index (χ0) is 14.5. The molecule has 1 aliphatic rings. The van der Waals surface area contributed by atoms with Gasteiger partial charge in [-0.05, 0) is 55.8 Å². The van der Waals surface area contributed by atoms with E-state index in [-0.39, 0.29) is 0 Å². The highest BCUT2D eigenvalue weighted by atomic mass is 15.2. The molecule has 1 aromatic rings. The number of nitrogens with zero attached hydrogens (tertiary/aromatic N) is 2. The van der Waals surface area contributed by atoms with Crippen LogP contribution >= 0.6 is 0 Å². The average molecular weight is 275 g/mol. The van der Waals surface area contributed by atoms with E-state index in [0.717, 1.165) is 19.6 Å². The van der Waals surface area contributed by atoms with Gasteiger partial charge in [-0.1, -0.05) is 20.8 Å². The van der Waals surface area contributed by atoms with Gasteiger partial charge in [-0.25, -0.2) is 4.98 Å². The van der Waals surface area contributed by atoms with Crippen molar-refractivity contribution in [2.45, 2.75) is 59.5 Å². The van der Waals surface area contributed by atoms with E-state index >= 15 is 0 Å². The van der Waals surface area contributed by atoms with Crippen molar-refractivity contribution in [1.29, 1.82) is 0 Å². The molecule has 20 heavy (non-hydrogen) atoms. The summed E-state index contributed by atoms with van der Waals surface area (Å²) in [6.07, 6.45) is 5.82. The van der Waals surface area contributed by atoms with Crippen LogP contribution in [0.3, 0.4) is 0 Å². The summed E-state index contributed by atoms with van der Waals surface area (Å²) in [5.41, 5.74) is 2.60. The maximum atomic E-state index is 4.76. The summed E-state index contributed by atoms with van der Waals surface area (Å²) < 4.78 is 0. The van der Waals surface area contributed by atoms with Crippen molar-refractivity contribution in [2.24, 2.45) is 5.92 Å². The molecule has 1 N–H and O–H groups in total. The maximum absolute atomic E-state index is 4.76. The van der Waals surface area contributed by atoms with Crippen LogP contribution in [0.4, 0.5) is 5.82 Å². The molecule has 1 unspecified atom stereocenters. The van der Waals surface area contributed by atoms with E-state index in [9.17, 15) is 0 Å². The zero-order valence-corrected chi connectivity index (χ0v) is 13.4. The van der Waals surface area contributed by atoms with E-state index in [2.05, 4.69) is 44.0 Å². The van der Waals surface area contributed by atoms with E-state index < -0.39 is 0 Å². The number of rotatable bonds is 6. The van der Waals surface area contributed by atoms with Crippen molar-refractivity contribution in [3.8, 4) is 0 Å². The summed E-state index contributed by atoms with van der Waals surface area (Å²) in [5.74, 6) is 1.89. The molecule has 1 fully saturated rings. The second kappa shape index (κ2) is 7.07. The minimum Gasteiger partial charge on any atom is -0.353 e. The molecule has 1 aliphatic heterocycles. The molecule has 0 bridgehead atoms. The predicted molar refractivity (Wildman–Crippen MR) is 86.2 cm³/mol. The van der Waals surface area contributed by atoms with Gasteiger partial charge in [-0.2, -0.15) is 0 Å². The third-order valence-corrected chi connectivity index (χ3v) is 4.20. The molecule has 3 nitrogen and oxygen atoms in total. The molecule has 3 heteroatoms. The van der Waals surface area contributed by atoms with Gasteiger partial charge in [0.15, 0.2) is 0 Å². The number of nitrogens with one attached hydrogen (secondary N) is 1.